The number of hydrogen-bond acceptors (Lipinski definition) is 3. The number of aromatic nitrogens is 2. The van der Waals surface area contributed by atoms with E-state index in [0.717, 1.165) is 35.8 Å². The summed E-state index contributed by atoms with van der Waals surface area (Å²) < 4.78 is 5.26. The minimum Gasteiger partial charge on any atom is -0.497 e. The molecule has 2 N–H and O–H groups in total. The summed E-state index contributed by atoms with van der Waals surface area (Å²) >= 11 is 0. The lowest BCUT2D eigenvalue weighted by Gasteiger charge is -2.22. The van der Waals surface area contributed by atoms with E-state index in [1.165, 1.54) is 19.3 Å². The third-order valence-corrected chi connectivity index (χ3v) is 3.86. The Morgan fingerprint density at radius 1 is 1.35 bits per heavy atom. The van der Waals surface area contributed by atoms with Crippen molar-refractivity contribution in [3.63, 3.8) is 0 Å². The fourth-order valence-electron chi connectivity index (χ4n) is 2.74. The maximum Gasteiger partial charge on any atom is 0.119 e. The number of piperidine rings is 1. The topological polar surface area (TPSA) is 49.9 Å². The van der Waals surface area contributed by atoms with Crippen LogP contribution in [0, 0.1) is 0 Å². The molecule has 1 aromatic heterocycles. The molecule has 1 aliphatic heterocycles. The molecule has 2 aromatic rings. The average Bonchev–Trinajstić information content (AvgIpc) is 2.97. The van der Waals surface area contributed by atoms with E-state index in [-0.39, 0.29) is 0 Å². The van der Waals surface area contributed by atoms with Gasteiger partial charge in [0.25, 0.3) is 0 Å². The van der Waals surface area contributed by atoms with Gasteiger partial charge in [-0.2, -0.15) is 0 Å². The molecule has 4 heteroatoms. The molecule has 106 valence electrons. The van der Waals surface area contributed by atoms with Crippen molar-refractivity contribution in [3.8, 4) is 17.0 Å². The molecule has 0 radical (unpaired) electrons. The van der Waals surface area contributed by atoms with Gasteiger partial charge in [-0.05, 0) is 31.5 Å². The van der Waals surface area contributed by atoms with Gasteiger partial charge in [-0.25, -0.2) is 4.98 Å². The number of nitrogens with one attached hydrogen (secondary N) is 2. The van der Waals surface area contributed by atoms with E-state index in [0.29, 0.717) is 6.04 Å². The van der Waals surface area contributed by atoms with Gasteiger partial charge in [0, 0.05) is 18.0 Å². The molecule has 20 heavy (non-hydrogen) atoms. The molecule has 1 fully saturated rings. The van der Waals surface area contributed by atoms with Gasteiger partial charge in [-0.3, -0.25) is 0 Å². The first-order valence-corrected chi connectivity index (χ1v) is 7.27. The quantitative estimate of drug-likeness (QED) is 0.899. The van der Waals surface area contributed by atoms with Crippen molar-refractivity contribution in [3.05, 3.63) is 36.3 Å². The normalized spacial score (nSPS) is 18.9. The van der Waals surface area contributed by atoms with Crippen LogP contribution in [0.3, 0.4) is 0 Å². The minimum absolute atomic E-state index is 0.563. The van der Waals surface area contributed by atoms with Crippen molar-refractivity contribution in [1.29, 1.82) is 0 Å². The summed E-state index contributed by atoms with van der Waals surface area (Å²) in [4.78, 5) is 7.93. The number of methoxy groups -OCH3 is 1. The van der Waals surface area contributed by atoms with Crippen LogP contribution in [0.25, 0.3) is 11.3 Å². The highest BCUT2D eigenvalue weighted by molar-refractivity contribution is 5.60. The van der Waals surface area contributed by atoms with E-state index in [2.05, 4.69) is 21.4 Å². The fraction of sp³-hybridized carbons (Fsp3) is 0.438. The number of benzene rings is 1. The largest absolute Gasteiger partial charge is 0.497 e. The highest BCUT2D eigenvalue weighted by atomic mass is 16.5. The van der Waals surface area contributed by atoms with Gasteiger partial charge >= 0.3 is 0 Å². The number of rotatable bonds is 4. The summed E-state index contributed by atoms with van der Waals surface area (Å²) in [5.74, 6) is 1.93. The zero-order valence-corrected chi connectivity index (χ0v) is 11.9. The molecule has 0 saturated carbocycles. The van der Waals surface area contributed by atoms with E-state index < -0.39 is 0 Å². The Hall–Kier alpha value is -1.81. The van der Waals surface area contributed by atoms with Gasteiger partial charge in [0.05, 0.1) is 19.0 Å². The third kappa shape index (κ3) is 3.02. The molecule has 1 atom stereocenters. The van der Waals surface area contributed by atoms with Gasteiger partial charge in [-0.1, -0.05) is 18.6 Å². The molecule has 1 unspecified atom stereocenters. The van der Waals surface area contributed by atoms with Crippen molar-refractivity contribution >= 4 is 0 Å². The molecule has 1 saturated heterocycles. The monoisotopic (exact) mass is 271 g/mol. The Morgan fingerprint density at radius 3 is 3.10 bits per heavy atom. The first-order chi connectivity index (χ1) is 9.85. The Morgan fingerprint density at radius 2 is 2.30 bits per heavy atom. The summed E-state index contributed by atoms with van der Waals surface area (Å²) in [5, 5.41) is 3.55. The van der Waals surface area contributed by atoms with Crippen molar-refractivity contribution < 1.29 is 4.74 Å². The van der Waals surface area contributed by atoms with Crippen LogP contribution in [0.5, 0.6) is 5.75 Å². The van der Waals surface area contributed by atoms with Gasteiger partial charge in [0.15, 0.2) is 0 Å². The van der Waals surface area contributed by atoms with E-state index in [1.807, 2.05) is 24.4 Å². The standard InChI is InChI=1S/C16H21N3O/c1-20-14-7-4-5-12(9-14)15-11-18-16(19-15)10-13-6-2-3-8-17-13/h4-5,7,9,11,13,17H,2-3,6,8,10H2,1H3,(H,18,19). The number of H-pyrrole nitrogens is 1. The lowest BCUT2D eigenvalue weighted by Crippen LogP contribution is -2.35. The highest BCUT2D eigenvalue weighted by Crippen LogP contribution is 2.22. The molecular formula is C16H21N3O. The Kier molecular flexibility index (Phi) is 4.02. The van der Waals surface area contributed by atoms with Crippen LogP contribution < -0.4 is 10.1 Å². The van der Waals surface area contributed by atoms with E-state index >= 15 is 0 Å². The van der Waals surface area contributed by atoms with Crippen LogP contribution in [0.2, 0.25) is 0 Å². The fourth-order valence-corrected chi connectivity index (χ4v) is 2.74. The van der Waals surface area contributed by atoms with Gasteiger partial charge < -0.3 is 15.0 Å². The van der Waals surface area contributed by atoms with Crippen molar-refractivity contribution in [2.75, 3.05) is 13.7 Å². The van der Waals surface area contributed by atoms with Crippen LogP contribution in [-0.4, -0.2) is 29.7 Å². The molecule has 4 nitrogen and oxygen atoms in total. The highest BCUT2D eigenvalue weighted by Gasteiger charge is 2.14. The number of hydrogen-bond donors (Lipinski definition) is 2. The SMILES string of the molecule is COc1cccc(-c2cnc(CC3CCCCN3)[nH]2)c1. The predicted octanol–water partition coefficient (Wildman–Crippen LogP) is 2.77. The number of nitrogens with zero attached hydrogens (tertiary/aromatic N) is 1. The molecule has 1 aliphatic rings. The van der Waals surface area contributed by atoms with Crippen LogP contribution in [-0.2, 0) is 6.42 Å². The van der Waals surface area contributed by atoms with Crippen molar-refractivity contribution in [2.24, 2.45) is 0 Å². The maximum atomic E-state index is 5.26. The van der Waals surface area contributed by atoms with Crippen molar-refractivity contribution in [1.82, 2.24) is 15.3 Å². The van der Waals surface area contributed by atoms with E-state index in [1.54, 1.807) is 7.11 Å². The summed E-state index contributed by atoms with van der Waals surface area (Å²) in [6.07, 6.45) is 6.75. The first-order valence-electron chi connectivity index (χ1n) is 7.27. The average molecular weight is 271 g/mol. The van der Waals surface area contributed by atoms with Crippen LogP contribution in [0.1, 0.15) is 25.1 Å². The van der Waals surface area contributed by atoms with Gasteiger partial charge in [-0.15, -0.1) is 0 Å². The number of imidazole rings is 1. The maximum absolute atomic E-state index is 5.26. The molecular weight excluding hydrogens is 250 g/mol. The Balaban J connectivity index is 1.72. The van der Waals surface area contributed by atoms with Gasteiger partial charge in [0.1, 0.15) is 11.6 Å². The molecule has 0 bridgehead atoms. The van der Waals surface area contributed by atoms with E-state index in [4.69, 9.17) is 4.74 Å². The zero-order valence-electron chi connectivity index (χ0n) is 11.9. The van der Waals surface area contributed by atoms with Gasteiger partial charge in [0.2, 0.25) is 0 Å². The van der Waals surface area contributed by atoms with Crippen LogP contribution >= 0.6 is 0 Å². The third-order valence-electron chi connectivity index (χ3n) is 3.86. The second kappa shape index (κ2) is 6.09. The second-order valence-corrected chi connectivity index (χ2v) is 5.33. The Bertz CT molecular complexity index is 558. The number of aromatic amines is 1. The number of ether oxygens (including phenoxy) is 1. The molecule has 0 aliphatic carbocycles. The smallest absolute Gasteiger partial charge is 0.119 e. The van der Waals surface area contributed by atoms with Crippen LogP contribution in [0.4, 0.5) is 0 Å². The van der Waals surface area contributed by atoms with E-state index in [9.17, 15) is 0 Å². The molecule has 3 rings (SSSR count). The molecule has 1 aromatic carbocycles. The molecule has 2 heterocycles. The van der Waals surface area contributed by atoms with Crippen molar-refractivity contribution in [2.45, 2.75) is 31.7 Å². The zero-order chi connectivity index (χ0) is 13.8. The summed E-state index contributed by atoms with van der Waals surface area (Å²) in [6.45, 7) is 1.13. The predicted molar refractivity (Wildman–Crippen MR) is 79.9 cm³/mol. The second-order valence-electron chi connectivity index (χ2n) is 5.33. The lowest BCUT2D eigenvalue weighted by molar-refractivity contribution is 0.395. The minimum atomic E-state index is 0.563. The molecule has 0 amide bonds. The summed E-state index contributed by atoms with van der Waals surface area (Å²) in [5.41, 5.74) is 2.16. The molecule has 0 spiro atoms. The Labute approximate surface area is 119 Å². The van der Waals surface area contributed by atoms with Crippen LogP contribution in [0.15, 0.2) is 30.5 Å². The lowest BCUT2D eigenvalue weighted by atomic mass is 10.0. The summed E-state index contributed by atoms with van der Waals surface area (Å²) in [7, 11) is 1.69. The summed E-state index contributed by atoms with van der Waals surface area (Å²) in [6, 6.07) is 8.60. The first kappa shape index (κ1) is 13.2.